The predicted octanol–water partition coefficient (Wildman–Crippen LogP) is 5.84. The molecule has 4 aromatic rings. The molecule has 0 aromatic heterocycles. The molecular weight excluding hydrogens is 467 g/mol. The number of benzene rings is 4. The van der Waals surface area contributed by atoms with E-state index in [1.54, 1.807) is 0 Å². The zero-order valence-electron chi connectivity index (χ0n) is 21.7. The Kier molecular flexibility index (Phi) is 5.71. The van der Waals surface area contributed by atoms with Crippen molar-refractivity contribution in [2.24, 2.45) is 0 Å². The smallest absolute Gasteiger partial charge is 0.0790 e. The first-order chi connectivity index (χ1) is 18.4. The minimum absolute atomic E-state index is 0. The van der Waals surface area contributed by atoms with Crippen molar-refractivity contribution in [2.45, 2.75) is 22.2 Å². The predicted molar refractivity (Wildman–Crippen MR) is 159 cm³/mol. The molecule has 4 aliphatic carbocycles. The summed E-state index contributed by atoms with van der Waals surface area (Å²) in [5.41, 5.74) is 13.3. The Morgan fingerprint density at radius 1 is 0.342 bits per heavy atom. The molecular formula is C36H28LiSi+. The summed E-state index contributed by atoms with van der Waals surface area (Å²) in [7, 11) is -2.42. The van der Waals surface area contributed by atoms with E-state index in [0.29, 0.717) is 22.2 Å². The molecule has 0 nitrogen and oxygen atoms in total. The molecule has 0 spiro atoms. The summed E-state index contributed by atoms with van der Waals surface area (Å²) in [6, 6.07) is 36.6. The van der Waals surface area contributed by atoms with Crippen LogP contribution >= 0.6 is 0 Å². The van der Waals surface area contributed by atoms with Gasteiger partial charge in [-0.15, -0.1) is 0 Å². The normalized spacial score (nSPS) is 24.4. The van der Waals surface area contributed by atoms with Crippen LogP contribution in [0.15, 0.2) is 121 Å². The van der Waals surface area contributed by atoms with Crippen LogP contribution in [0.5, 0.6) is 0 Å². The van der Waals surface area contributed by atoms with Gasteiger partial charge in [-0.05, 0) is 44.5 Å². The van der Waals surface area contributed by atoms with E-state index in [9.17, 15) is 0 Å². The first-order valence-corrected chi connectivity index (χ1v) is 15.7. The molecule has 176 valence electrons. The van der Waals surface area contributed by atoms with Crippen molar-refractivity contribution in [3.8, 4) is 0 Å². The Balaban J connectivity index is 0.00000242. The fourth-order valence-corrected chi connectivity index (χ4v) is 15.1. The van der Waals surface area contributed by atoms with E-state index in [4.69, 9.17) is 0 Å². The van der Waals surface area contributed by atoms with Crippen LogP contribution in [0, 0.1) is 0 Å². The minimum atomic E-state index is -2.42. The van der Waals surface area contributed by atoms with Gasteiger partial charge in [-0.1, -0.05) is 146 Å². The van der Waals surface area contributed by atoms with Crippen LogP contribution < -0.4 is 18.9 Å². The summed E-state index contributed by atoms with van der Waals surface area (Å²) in [5.74, 6) is 0. The quantitative estimate of drug-likeness (QED) is 0.312. The Hall–Kier alpha value is -3.35. The summed E-state index contributed by atoms with van der Waals surface area (Å²) >= 11 is 0. The number of rotatable bonds is 4. The molecule has 0 saturated carbocycles. The van der Waals surface area contributed by atoms with Gasteiger partial charge >= 0.3 is 18.9 Å². The maximum Gasteiger partial charge on any atom is 1.00 e. The maximum absolute atomic E-state index is 2.58. The van der Waals surface area contributed by atoms with E-state index in [2.05, 4.69) is 146 Å². The van der Waals surface area contributed by atoms with Gasteiger partial charge in [-0.2, -0.15) is 0 Å². The van der Waals surface area contributed by atoms with Gasteiger partial charge in [0.25, 0.3) is 0 Å². The van der Waals surface area contributed by atoms with Crippen LogP contribution in [0.25, 0.3) is 24.3 Å². The molecule has 4 atom stereocenters. The zero-order valence-corrected chi connectivity index (χ0v) is 22.7. The van der Waals surface area contributed by atoms with E-state index in [0.717, 1.165) is 0 Å². The Morgan fingerprint density at radius 3 is 0.842 bits per heavy atom. The third-order valence-corrected chi connectivity index (χ3v) is 15.7. The van der Waals surface area contributed by atoms with Gasteiger partial charge < -0.3 is 0 Å². The second-order valence-corrected chi connectivity index (χ2v) is 15.4. The van der Waals surface area contributed by atoms with Crippen molar-refractivity contribution in [2.75, 3.05) is 0 Å². The number of fused-ring (bicyclic) bond motifs is 4. The molecule has 0 amide bonds. The first kappa shape index (κ1) is 23.7. The molecule has 4 aromatic carbocycles. The Morgan fingerprint density at radius 2 is 0.579 bits per heavy atom. The first-order valence-electron chi connectivity index (χ1n) is 13.4. The van der Waals surface area contributed by atoms with Crippen molar-refractivity contribution >= 4 is 32.4 Å². The Bertz CT molecular complexity index is 1420. The van der Waals surface area contributed by atoms with Crippen LogP contribution in [0.1, 0.15) is 66.7 Å². The topological polar surface area (TPSA) is 0 Å². The van der Waals surface area contributed by atoms with E-state index in [1.807, 2.05) is 0 Å². The second-order valence-electron chi connectivity index (χ2n) is 10.9. The third kappa shape index (κ3) is 3.23. The van der Waals surface area contributed by atoms with Crippen molar-refractivity contribution in [1.29, 1.82) is 0 Å². The van der Waals surface area contributed by atoms with Gasteiger partial charge in [-0.3, -0.25) is 0 Å². The average molecular weight is 496 g/mol. The van der Waals surface area contributed by atoms with Gasteiger partial charge in [-0.25, -0.2) is 0 Å². The molecule has 0 bridgehead atoms. The third-order valence-electron chi connectivity index (χ3n) is 9.35. The van der Waals surface area contributed by atoms with Crippen LogP contribution in [0.3, 0.4) is 0 Å². The van der Waals surface area contributed by atoms with Crippen LogP contribution in [-0.4, -0.2) is 8.07 Å². The van der Waals surface area contributed by atoms with E-state index < -0.39 is 8.07 Å². The summed E-state index contributed by atoms with van der Waals surface area (Å²) < 4.78 is 0. The molecule has 38 heavy (non-hydrogen) atoms. The van der Waals surface area contributed by atoms with E-state index >= 15 is 0 Å². The van der Waals surface area contributed by atoms with Crippen LogP contribution in [0.4, 0.5) is 0 Å². The van der Waals surface area contributed by atoms with E-state index in [-0.39, 0.29) is 18.9 Å². The summed E-state index contributed by atoms with van der Waals surface area (Å²) in [5, 5.41) is 0. The molecule has 4 aliphatic rings. The fraction of sp³-hybridized carbons (Fsp3) is 0.111. The monoisotopic (exact) mass is 495 g/mol. The second kappa shape index (κ2) is 9.14. The number of allylic oxidation sites excluding steroid dienone is 4. The number of hydrogen-bond donors (Lipinski definition) is 0. The molecule has 0 saturated heterocycles. The maximum atomic E-state index is 2.58. The van der Waals surface area contributed by atoms with Crippen molar-refractivity contribution in [1.82, 2.24) is 0 Å². The average Bonchev–Trinajstić information content (AvgIpc) is 3.75. The van der Waals surface area contributed by atoms with Gasteiger partial charge in [0.05, 0.1) is 8.07 Å². The molecule has 2 heteroatoms. The summed E-state index contributed by atoms with van der Waals surface area (Å²) in [6.07, 6.45) is 19.9. The molecule has 8 rings (SSSR count). The molecule has 0 N–H and O–H groups in total. The SMILES string of the molecule is C1=CC([Si](C2C=Cc3ccccc32)(C2C=Cc3ccccc32)C2C=Cc3ccccc32)c2ccccc21.[Li+]. The van der Waals surface area contributed by atoms with E-state index in [1.165, 1.54) is 44.5 Å². The number of hydrogen-bond acceptors (Lipinski definition) is 0. The Labute approximate surface area is 238 Å². The summed E-state index contributed by atoms with van der Waals surface area (Å²) in [6.45, 7) is 0. The molecule has 0 fully saturated rings. The molecule has 0 radical (unpaired) electrons. The van der Waals surface area contributed by atoms with Gasteiger partial charge in [0.2, 0.25) is 0 Å². The van der Waals surface area contributed by atoms with Gasteiger partial charge in [0.15, 0.2) is 0 Å². The van der Waals surface area contributed by atoms with Crippen LogP contribution in [-0.2, 0) is 0 Å². The standard InChI is InChI=1S/C36H28Si.Li/c1-5-13-29-25(9-1)17-21-33(29)37(34-22-18-26-10-2-6-14-30(26)34,35-23-19-27-11-3-7-15-31(27)35)36-24-20-28-12-4-8-16-32(28)36;/h1-24,33-36H;/q;+1. The fourth-order valence-electron chi connectivity index (χ4n) is 7.90. The molecule has 0 aliphatic heterocycles. The summed E-state index contributed by atoms with van der Waals surface area (Å²) in [4.78, 5) is 0. The van der Waals surface area contributed by atoms with Gasteiger partial charge in [0.1, 0.15) is 0 Å². The molecule has 4 unspecified atom stereocenters. The van der Waals surface area contributed by atoms with Crippen molar-refractivity contribution in [3.63, 3.8) is 0 Å². The molecule has 0 heterocycles. The van der Waals surface area contributed by atoms with Crippen molar-refractivity contribution in [3.05, 3.63) is 166 Å². The minimum Gasteiger partial charge on any atom is -0.0790 e. The van der Waals surface area contributed by atoms with Gasteiger partial charge in [0, 0.05) is 22.2 Å². The zero-order chi connectivity index (χ0) is 24.4. The van der Waals surface area contributed by atoms with Crippen molar-refractivity contribution < 1.29 is 18.9 Å². The van der Waals surface area contributed by atoms with Crippen LogP contribution in [0.2, 0.25) is 0 Å². The largest absolute Gasteiger partial charge is 1.00 e.